The molecule has 0 unspecified atom stereocenters. The largest absolute Gasteiger partial charge is 0.431 e. The molecule has 21 heavy (non-hydrogen) atoms. The van der Waals surface area contributed by atoms with Gasteiger partial charge in [0.1, 0.15) is 11.3 Å². The average Bonchev–Trinajstić information content (AvgIpc) is 2.35. The van der Waals surface area contributed by atoms with E-state index in [1.807, 2.05) is 0 Å². The lowest BCUT2D eigenvalue weighted by atomic mass is 9.89. The molecule has 1 aromatic heterocycles. The molecule has 0 saturated heterocycles. The van der Waals surface area contributed by atoms with Crippen LogP contribution in [0.2, 0.25) is 0 Å². The number of amides is 1. The predicted octanol–water partition coefficient (Wildman–Crippen LogP) is 1.53. The van der Waals surface area contributed by atoms with Gasteiger partial charge in [-0.2, -0.15) is 13.2 Å². The molecule has 1 rings (SSSR count). The lowest BCUT2D eigenvalue weighted by molar-refractivity contribution is -0.141. The van der Waals surface area contributed by atoms with Crippen molar-refractivity contribution in [3.63, 3.8) is 0 Å². The van der Waals surface area contributed by atoms with Gasteiger partial charge in [0.15, 0.2) is 0 Å². The molecular formula is C13H17F3N2O3. The molecule has 0 saturated carbocycles. The molecule has 0 aliphatic heterocycles. The van der Waals surface area contributed by atoms with E-state index >= 15 is 0 Å². The Bertz CT molecular complexity index is 565. The number of aliphatic hydroxyl groups is 1. The van der Waals surface area contributed by atoms with Gasteiger partial charge in [-0.1, -0.05) is 13.8 Å². The Hall–Kier alpha value is -1.83. The van der Waals surface area contributed by atoms with Gasteiger partial charge in [-0.25, -0.2) is 0 Å². The molecule has 8 heteroatoms. The Morgan fingerprint density at radius 1 is 1.33 bits per heavy atom. The fourth-order valence-electron chi connectivity index (χ4n) is 1.62. The number of rotatable bonds is 5. The van der Waals surface area contributed by atoms with Gasteiger partial charge >= 0.3 is 6.18 Å². The first-order valence-electron chi connectivity index (χ1n) is 6.26. The van der Waals surface area contributed by atoms with Crippen LogP contribution in [0, 0.1) is 5.41 Å². The Morgan fingerprint density at radius 3 is 2.43 bits per heavy atom. The van der Waals surface area contributed by atoms with Crippen LogP contribution in [0.15, 0.2) is 16.9 Å². The number of nitrogens with one attached hydrogen (secondary N) is 2. The molecule has 1 amide bonds. The van der Waals surface area contributed by atoms with Crippen molar-refractivity contribution in [1.29, 1.82) is 0 Å². The Labute approximate surface area is 119 Å². The summed E-state index contributed by atoms with van der Waals surface area (Å²) in [6, 6.07) is 1.49. The van der Waals surface area contributed by atoms with Gasteiger partial charge in [-0.3, -0.25) is 9.59 Å². The van der Waals surface area contributed by atoms with Crippen molar-refractivity contribution in [2.75, 3.05) is 13.2 Å². The van der Waals surface area contributed by atoms with Crippen LogP contribution >= 0.6 is 0 Å². The molecule has 0 radical (unpaired) electrons. The number of pyridine rings is 1. The zero-order valence-electron chi connectivity index (χ0n) is 11.7. The molecule has 0 aliphatic rings. The van der Waals surface area contributed by atoms with Crippen LogP contribution in [-0.4, -0.2) is 29.1 Å². The summed E-state index contributed by atoms with van der Waals surface area (Å²) < 4.78 is 37.2. The van der Waals surface area contributed by atoms with E-state index in [1.54, 1.807) is 18.8 Å². The summed E-state index contributed by atoms with van der Waals surface area (Å²) in [6.07, 6.45) is -4.23. The average molecular weight is 306 g/mol. The zero-order valence-corrected chi connectivity index (χ0v) is 11.7. The molecule has 118 valence electrons. The van der Waals surface area contributed by atoms with Gasteiger partial charge in [-0.15, -0.1) is 0 Å². The minimum absolute atomic E-state index is 0.0519. The number of aromatic nitrogens is 1. The summed E-state index contributed by atoms with van der Waals surface area (Å²) in [6.45, 7) is 3.75. The molecule has 0 atom stereocenters. The summed E-state index contributed by atoms with van der Waals surface area (Å²) in [5.74, 6) is -0.754. The predicted molar refractivity (Wildman–Crippen MR) is 69.9 cm³/mol. The van der Waals surface area contributed by atoms with E-state index < -0.39 is 23.3 Å². The number of H-pyrrole nitrogens is 1. The van der Waals surface area contributed by atoms with Gasteiger partial charge in [0, 0.05) is 13.2 Å². The maximum absolute atomic E-state index is 12.4. The van der Waals surface area contributed by atoms with Crippen molar-refractivity contribution >= 4 is 5.91 Å². The van der Waals surface area contributed by atoms with E-state index in [0.717, 1.165) is 6.07 Å². The van der Waals surface area contributed by atoms with Crippen molar-refractivity contribution in [2.45, 2.75) is 26.4 Å². The zero-order chi connectivity index (χ0) is 16.3. The summed E-state index contributed by atoms with van der Waals surface area (Å²) >= 11 is 0. The highest BCUT2D eigenvalue weighted by Gasteiger charge is 2.32. The summed E-state index contributed by atoms with van der Waals surface area (Å²) in [5.41, 5.74) is -3.07. The summed E-state index contributed by atoms with van der Waals surface area (Å²) in [5, 5.41) is 11.3. The molecule has 0 bridgehead atoms. The highest BCUT2D eigenvalue weighted by atomic mass is 19.4. The molecule has 0 spiro atoms. The molecule has 0 aromatic carbocycles. The molecule has 3 N–H and O–H groups in total. The van der Waals surface area contributed by atoms with Gasteiger partial charge in [0.05, 0.1) is 0 Å². The number of carbonyl (C=O) groups excluding carboxylic acids is 1. The van der Waals surface area contributed by atoms with Gasteiger partial charge in [0.25, 0.3) is 11.5 Å². The van der Waals surface area contributed by atoms with Crippen LogP contribution in [0.5, 0.6) is 0 Å². The first-order chi connectivity index (χ1) is 9.57. The van der Waals surface area contributed by atoms with Crippen molar-refractivity contribution in [3.8, 4) is 0 Å². The fraction of sp³-hybridized carbons (Fsp3) is 0.538. The van der Waals surface area contributed by atoms with Crippen molar-refractivity contribution in [3.05, 3.63) is 33.7 Å². The number of aliphatic hydroxyl groups excluding tert-OH is 1. The molecule has 1 aromatic rings. The standard InChI is InChI=1S/C13H17F3N2O3/c1-12(2,5-6-19)7-17-10(20)8-3-4-9(13(14,15)16)18-11(8)21/h3-4,19H,5-7H2,1-2H3,(H,17,20)(H,18,21). The topological polar surface area (TPSA) is 82.2 Å². The summed E-state index contributed by atoms with van der Waals surface area (Å²) in [4.78, 5) is 25.0. The maximum Gasteiger partial charge on any atom is 0.431 e. The smallest absolute Gasteiger partial charge is 0.396 e. The van der Waals surface area contributed by atoms with Gasteiger partial charge in [-0.05, 0) is 24.0 Å². The Morgan fingerprint density at radius 2 is 1.95 bits per heavy atom. The third kappa shape index (κ3) is 4.89. The summed E-state index contributed by atoms with van der Waals surface area (Å²) in [7, 11) is 0. The molecule has 0 fully saturated rings. The second kappa shape index (κ2) is 6.30. The van der Waals surface area contributed by atoms with Crippen LogP contribution in [0.4, 0.5) is 13.2 Å². The van der Waals surface area contributed by atoms with Crippen LogP contribution in [0.25, 0.3) is 0 Å². The van der Waals surface area contributed by atoms with E-state index in [2.05, 4.69) is 5.32 Å². The number of carbonyl (C=O) groups is 1. The first-order valence-corrected chi connectivity index (χ1v) is 6.26. The second-order valence-electron chi connectivity index (χ2n) is 5.43. The van der Waals surface area contributed by atoms with E-state index in [-0.39, 0.29) is 24.1 Å². The van der Waals surface area contributed by atoms with E-state index in [0.29, 0.717) is 12.5 Å². The minimum Gasteiger partial charge on any atom is -0.396 e. The van der Waals surface area contributed by atoms with Gasteiger partial charge < -0.3 is 15.4 Å². The number of hydrogen-bond donors (Lipinski definition) is 3. The lowest BCUT2D eigenvalue weighted by Gasteiger charge is -2.23. The number of aromatic amines is 1. The molecule has 1 heterocycles. The molecular weight excluding hydrogens is 289 g/mol. The van der Waals surface area contributed by atoms with E-state index in [4.69, 9.17) is 5.11 Å². The Kier molecular flexibility index (Phi) is 5.16. The minimum atomic E-state index is -4.67. The fourth-order valence-corrected chi connectivity index (χ4v) is 1.62. The Balaban J connectivity index is 2.83. The van der Waals surface area contributed by atoms with Gasteiger partial charge in [0.2, 0.25) is 0 Å². The highest BCUT2D eigenvalue weighted by Crippen LogP contribution is 2.26. The number of halogens is 3. The van der Waals surface area contributed by atoms with Crippen LogP contribution < -0.4 is 10.9 Å². The normalized spacial score (nSPS) is 12.3. The third-order valence-electron chi connectivity index (χ3n) is 2.98. The monoisotopic (exact) mass is 306 g/mol. The van der Waals surface area contributed by atoms with E-state index in [1.165, 1.54) is 0 Å². The van der Waals surface area contributed by atoms with E-state index in [9.17, 15) is 22.8 Å². The van der Waals surface area contributed by atoms with Crippen molar-refractivity contribution < 1.29 is 23.1 Å². The molecule has 5 nitrogen and oxygen atoms in total. The quantitative estimate of drug-likeness (QED) is 0.771. The second-order valence-corrected chi connectivity index (χ2v) is 5.43. The van der Waals surface area contributed by atoms with Crippen LogP contribution in [0.3, 0.4) is 0 Å². The van der Waals surface area contributed by atoms with Crippen LogP contribution in [0.1, 0.15) is 36.3 Å². The SMILES string of the molecule is CC(C)(CCO)CNC(=O)c1ccc(C(F)(F)F)[nH]c1=O. The van der Waals surface area contributed by atoms with Crippen molar-refractivity contribution in [2.24, 2.45) is 5.41 Å². The number of hydrogen-bond acceptors (Lipinski definition) is 3. The maximum atomic E-state index is 12.4. The van der Waals surface area contributed by atoms with Crippen molar-refractivity contribution in [1.82, 2.24) is 10.3 Å². The molecule has 0 aliphatic carbocycles. The highest BCUT2D eigenvalue weighted by molar-refractivity contribution is 5.93. The third-order valence-corrected chi connectivity index (χ3v) is 2.98. The number of alkyl halides is 3. The lowest BCUT2D eigenvalue weighted by Crippen LogP contribution is -2.37. The van der Waals surface area contributed by atoms with Crippen LogP contribution in [-0.2, 0) is 6.18 Å². The first kappa shape index (κ1) is 17.2.